The van der Waals surface area contributed by atoms with Crippen LogP contribution in [-0.2, 0) is 9.53 Å². The Kier molecular flexibility index (Phi) is 6.31. The van der Waals surface area contributed by atoms with Gasteiger partial charge in [-0.15, -0.1) is 0 Å². The second-order valence-corrected chi connectivity index (χ2v) is 4.31. The van der Waals surface area contributed by atoms with Crippen molar-refractivity contribution in [3.63, 3.8) is 0 Å². The normalized spacial score (nSPS) is 9.35. The summed E-state index contributed by atoms with van der Waals surface area (Å²) in [5, 5.41) is 2.68. The summed E-state index contributed by atoms with van der Waals surface area (Å²) in [4.78, 5) is 23.0. The van der Waals surface area contributed by atoms with Crippen LogP contribution in [0.25, 0.3) is 0 Å². The molecule has 4 heteroatoms. The first kappa shape index (κ1) is 15.8. The molecule has 1 rings (SSSR count). The monoisotopic (exact) mass is 273 g/mol. The molecule has 4 nitrogen and oxygen atoms in total. The van der Waals surface area contributed by atoms with Crippen LogP contribution in [0.5, 0.6) is 0 Å². The number of amides is 1. The lowest BCUT2D eigenvalue weighted by atomic mass is 10.0. The summed E-state index contributed by atoms with van der Waals surface area (Å²) in [7, 11) is 1.32. The number of nitrogens with one attached hydrogen (secondary N) is 1. The molecule has 0 atom stereocenters. The maximum absolute atomic E-state index is 11.8. The molecule has 1 amide bonds. The number of hydrogen-bond acceptors (Lipinski definition) is 3. The Morgan fingerprint density at radius 1 is 1.35 bits per heavy atom. The molecule has 0 aliphatic heterocycles. The average Bonchev–Trinajstić information content (AvgIpc) is 2.43. The quantitative estimate of drug-likeness (QED) is 0.521. The fourth-order valence-electron chi connectivity index (χ4n) is 1.68. The maximum Gasteiger partial charge on any atom is 0.339 e. The number of hydrogen-bond donors (Lipinski definition) is 1. The SMILES string of the molecule is CCCCC#Cc1c(NC(C)=O)cccc1C(=O)OC. The highest BCUT2D eigenvalue weighted by atomic mass is 16.5. The maximum atomic E-state index is 11.8. The lowest BCUT2D eigenvalue weighted by molar-refractivity contribution is -0.114. The van der Waals surface area contributed by atoms with E-state index in [4.69, 9.17) is 4.74 Å². The molecule has 0 saturated carbocycles. The Morgan fingerprint density at radius 2 is 2.10 bits per heavy atom. The number of unbranched alkanes of at least 4 members (excludes halogenated alkanes) is 2. The number of esters is 1. The lowest BCUT2D eigenvalue weighted by Crippen LogP contribution is -2.11. The van der Waals surface area contributed by atoms with Crippen molar-refractivity contribution in [1.29, 1.82) is 0 Å². The third-order valence-corrected chi connectivity index (χ3v) is 2.65. The van der Waals surface area contributed by atoms with Crippen LogP contribution in [0.15, 0.2) is 18.2 Å². The van der Waals surface area contributed by atoms with E-state index in [0.717, 1.165) is 19.3 Å². The minimum Gasteiger partial charge on any atom is -0.465 e. The van der Waals surface area contributed by atoms with E-state index in [1.165, 1.54) is 14.0 Å². The minimum absolute atomic E-state index is 0.205. The van der Waals surface area contributed by atoms with E-state index in [9.17, 15) is 9.59 Å². The van der Waals surface area contributed by atoms with Crippen LogP contribution in [-0.4, -0.2) is 19.0 Å². The van der Waals surface area contributed by atoms with Crippen molar-refractivity contribution in [2.24, 2.45) is 0 Å². The predicted molar refractivity (Wildman–Crippen MR) is 78.5 cm³/mol. The van der Waals surface area contributed by atoms with Crippen LogP contribution >= 0.6 is 0 Å². The summed E-state index contributed by atoms with van der Waals surface area (Å²) in [5.41, 5.74) is 1.40. The molecule has 106 valence electrons. The molecule has 0 fully saturated rings. The van der Waals surface area contributed by atoms with Gasteiger partial charge in [-0.1, -0.05) is 31.3 Å². The van der Waals surface area contributed by atoms with Crippen molar-refractivity contribution in [1.82, 2.24) is 0 Å². The van der Waals surface area contributed by atoms with Crippen LogP contribution in [0.1, 0.15) is 49.0 Å². The number of benzene rings is 1. The van der Waals surface area contributed by atoms with Crippen LogP contribution in [0.3, 0.4) is 0 Å². The zero-order valence-electron chi connectivity index (χ0n) is 12.1. The second kappa shape index (κ2) is 8.00. The molecule has 20 heavy (non-hydrogen) atoms. The highest BCUT2D eigenvalue weighted by molar-refractivity contribution is 5.97. The Balaban J connectivity index is 3.19. The number of carbonyl (C=O) groups is 2. The Morgan fingerprint density at radius 3 is 2.70 bits per heavy atom. The molecule has 1 aromatic rings. The van der Waals surface area contributed by atoms with E-state index in [-0.39, 0.29) is 5.91 Å². The topological polar surface area (TPSA) is 55.4 Å². The van der Waals surface area contributed by atoms with Gasteiger partial charge in [0.1, 0.15) is 0 Å². The van der Waals surface area contributed by atoms with Crippen LogP contribution in [0, 0.1) is 11.8 Å². The number of carbonyl (C=O) groups excluding carboxylic acids is 2. The summed E-state index contributed by atoms with van der Waals surface area (Å²) in [6, 6.07) is 5.05. The Bertz CT molecular complexity index is 553. The van der Waals surface area contributed by atoms with Gasteiger partial charge in [-0.25, -0.2) is 4.79 Å². The summed E-state index contributed by atoms with van der Waals surface area (Å²) < 4.78 is 4.74. The van der Waals surface area contributed by atoms with E-state index in [1.54, 1.807) is 18.2 Å². The van der Waals surface area contributed by atoms with Gasteiger partial charge in [0.2, 0.25) is 5.91 Å². The summed E-state index contributed by atoms with van der Waals surface area (Å²) in [6.45, 7) is 3.51. The number of rotatable bonds is 4. The van der Waals surface area contributed by atoms with Gasteiger partial charge in [-0.2, -0.15) is 0 Å². The first-order valence-electron chi connectivity index (χ1n) is 6.58. The first-order chi connectivity index (χ1) is 9.60. The van der Waals surface area contributed by atoms with Gasteiger partial charge in [-0.3, -0.25) is 4.79 Å². The van der Waals surface area contributed by atoms with Crippen molar-refractivity contribution in [2.75, 3.05) is 12.4 Å². The van der Waals surface area contributed by atoms with Crippen LogP contribution in [0.2, 0.25) is 0 Å². The minimum atomic E-state index is -0.461. The molecule has 0 aliphatic rings. The number of ether oxygens (including phenoxy) is 1. The smallest absolute Gasteiger partial charge is 0.339 e. The van der Waals surface area contributed by atoms with Gasteiger partial charge in [0.15, 0.2) is 0 Å². The van der Waals surface area contributed by atoms with Crippen LogP contribution < -0.4 is 5.32 Å². The lowest BCUT2D eigenvalue weighted by Gasteiger charge is -2.09. The molecule has 0 heterocycles. The van der Waals surface area contributed by atoms with Crippen LogP contribution in [0.4, 0.5) is 5.69 Å². The third kappa shape index (κ3) is 4.43. The molecule has 1 N–H and O–H groups in total. The van der Waals surface area contributed by atoms with E-state index < -0.39 is 5.97 Å². The van der Waals surface area contributed by atoms with Gasteiger partial charge < -0.3 is 10.1 Å². The Hall–Kier alpha value is -2.28. The molecule has 0 bridgehead atoms. The standard InChI is InChI=1S/C16H19NO3/c1-4-5-6-7-9-13-14(16(19)20-3)10-8-11-15(13)17-12(2)18/h8,10-11H,4-6H2,1-3H3,(H,17,18). The molecule has 0 aliphatic carbocycles. The fraction of sp³-hybridized carbons (Fsp3) is 0.375. The van der Waals surface area contributed by atoms with E-state index in [0.29, 0.717) is 16.8 Å². The molecule has 0 saturated heterocycles. The molecular formula is C16H19NO3. The zero-order chi connectivity index (χ0) is 15.0. The zero-order valence-corrected chi connectivity index (χ0v) is 12.1. The third-order valence-electron chi connectivity index (χ3n) is 2.65. The second-order valence-electron chi connectivity index (χ2n) is 4.31. The van der Waals surface area contributed by atoms with E-state index >= 15 is 0 Å². The molecular weight excluding hydrogens is 254 g/mol. The van der Waals surface area contributed by atoms with Crippen molar-refractivity contribution < 1.29 is 14.3 Å². The van der Waals surface area contributed by atoms with Gasteiger partial charge in [0.25, 0.3) is 0 Å². The van der Waals surface area contributed by atoms with Gasteiger partial charge in [0, 0.05) is 13.3 Å². The van der Waals surface area contributed by atoms with Gasteiger partial charge in [0.05, 0.1) is 23.9 Å². The summed E-state index contributed by atoms with van der Waals surface area (Å²) in [5.74, 6) is 5.33. The largest absolute Gasteiger partial charge is 0.465 e. The highest BCUT2D eigenvalue weighted by Crippen LogP contribution is 2.20. The summed E-state index contributed by atoms with van der Waals surface area (Å²) >= 11 is 0. The van der Waals surface area contributed by atoms with Crippen molar-refractivity contribution in [2.45, 2.75) is 33.1 Å². The Labute approximate surface area is 119 Å². The fourth-order valence-corrected chi connectivity index (χ4v) is 1.68. The molecule has 0 aromatic heterocycles. The average molecular weight is 273 g/mol. The first-order valence-corrected chi connectivity index (χ1v) is 6.58. The van der Waals surface area contributed by atoms with Crippen molar-refractivity contribution in [3.05, 3.63) is 29.3 Å². The highest BCUT2D eigenvalue weighted by Gasteiger charge is 2.14. The van der Waals surface area contributed by atoms with E-state index in [2.05, 4.69) is 24.1 Å². The molecule has 0 unspecified atom stereocenters. The number of methoxy groups -OCH3 is 1. The number of anilines is 1. The predicted octanol–water partition coefficient (Wildman–Crippen LogP) is 2.97. The summed E-state index contributed by atoms with van der Waals surface area (Å²) in [6.07, 6.45) is 2.82. The van der Waals surface area contributed by atoms with Gasteiger partial charge >= 0.3 is 5.97 Å². The molecule has 0 radical (unpaired) electrons. The molecule has 1 aromatic carbocycles. The van der Waals surface area contributed by atoms with Crippen molar-refractivity contribution in [3.8, 4) is 11.8 Å². The van der Waals surface area contributed by atoms with E-state index in [1.807, 2.05) is 0 Å². The van der Waals surface area contributed by atoms with Gasteiger partial charge in [-0.05, 0) is 18.6 Å². The van der Waals surface area contributed by atoms with Crippen molar-refractivity contribution >= 4 is 17.6 Å². The molecule has 0 spiro atoms.